The van der Waals surface area contributed by atoms with Crippen molar-refractivity contribution in [3.8, 4) is 0 Å². The lowest BCUT2D eigenvalue weighted by atomic mass is 9.98. The number of carbonyl (C=O) groups excluding carboxylic acids is 3. The maximum Gasteiger partial charge on any atom is 0.263 e. The van der Waals surface area contributed by atoms with Gasteiger partial charge in [-0.2, -0.15) is 0 Å². The van der Waals surface area contributed by atoms with Gasteiger partial charge in [0.05, 0.1) is 10.7 Å². The third-order valence-electron chi connectivity index (χ3n) is 3.64. The highest BCUT2D eigenvalue weighted by Crippen LogP contribution is 2.29. The number of aromatic nitrogens is 1. The lowest BCUT2D eigenvalue weighted by molar-refractivity contribution is -0.138. The van der Waals surface area contributed by atoms with Gasteiger partial charge in [-0.15, -0.1) is 11.3 Å². The van der Waals surface area contributed by atoms with Crippen LogP contribution >= 0.6 is 11.3 Å². The van der Waals surface area contributed by atoms with Gasteiger partial charge >= 0.3 is 0 Å². The Kier molecular flexibility index (Phi) is 5.19. The van der Waals surface area contributed by atoms with Gasteiger partial charge in [0.15, 0.2) is 0 Å². The Morgan fingerprint density at radius 3 is 2.39 bits per heavy atom. The lowest BCUT2D eigenvalue weighted by Crippen LogP contribution is -2.33. The van der Waals surface area contributed by atoms with Gasteiger partial charge in [-0.05, 0) is 13.3 Å². The van der Waals surface area contributed by atoms with Crippen molar-refractivity contribution in [1.82, 2.24) is 15.2 Å². The van der Waals surface area contributed by atoms with E-state index in [0.717, 1.165) is 10.7 Å². The maximum absolute atomic E-state index is 12.2. The van der Waals surface area contributed by atoms with Gasteiger partial charge < -0.3 is 5.32 Å². The van der Waals surface area contributed by atoms with Crippen molar-refractivity contribution in [3.05, 3.63) is 15.6 Å². The highest BCUT2D eigenvalue weighted by Gasteiger charge is 2.28. The molecule has 3 amide bonds. The Bertz CT molecular complexity index is 615. The van der Waals surface area contributed by atoms with E-state index in [4.69, 9.17) is 0 Å². The largest absolute Gasteiger partial charge is 0.351 e. The second-order valence-corrected chi connectivity index (χ2v) is 7.73. The fraction of sp³-hybridized carbons (Fsp3) is 0.625. The molecule has 1 aliphatic rings. The van der Waals surface area contributed by atoms with E-state index in [-0.39, 0.29) is 23.1 Å². The average molecular weight is 337 g/mol. The molecule has 1 fully saturated rings. The summed E-state index contributed by atoms with van der Waals surface area (Å²) in [6.07, 6.45) is 1.18. The van der Waals surface area contributed by atoms with E-state index in [1.54, 1.807) is 0 Å². The van der Waals surface area contributed by atoms with Crippen LogP contribution in [0.25, 0.3) is 0 Å². The molecule has 1 aromatic heterocycles. The molecule has 0 radical (unpaired) electrons. The Hall–Kier alpha value is -1.76. The summed E-state index contributed by atoms with van der Waals surface area (Å²) < 4.78 is 0. The van der Waals surface area contributed by atoms with Gasteiger partial charge in [0.2, 0.25) is 11.8 Å². The highest BCUT2D eigenvalue weighted by molar-refractivity contribution is 7.14. The van der Waals surface area contributed by atoms with Crippen LogP contribution in [0.15, 0.2) is 0 Å². The number of thiazole rings is 1. The summed E-state index contributed by atoms with van der Waals surface area (Å²) in [4.78, 5) is 41.6. The molecule has 0 spiro atoms. The molecule has 1 N–H and O–H groups in total. The molecule has 2 rings (SSSR count). The lowest BCUT2D eigenvalue weighted by Gasteiger charge is -2.13. The number of likely N-dealkylation sites (tertiary alicyclic amines) is 1. The molecule has 23 heavy (non-hydrogen) atoms. The molecule has 0 aromatic carbocycles. The Labute approximate surface area is 140 Å². The second kappa shape index (κ2) is 6.78. The first-order valence-corrected chi connectivity index (χ1v) is 8.61. The third-order valence-corrected chi connectivity index (χ3v) is 5.23. The summed E-state index contributed by atoms with van der Waals surface area (Å²) in [6, 6.07) is 0. The molecule has 1 aromatic rings. The molecule has 0 bridgehead atoms. The molecule has 126 valence electrons. The molecular formula is C16H23N3O3S. The van der Waals surface area contributed by atoms with Crippen LogP contribution in [0.1, 0.15) is 60.4 Å². The zero-order valence-electron chi connectivity index (χ0n) is 14.1. The minimum atomic E-state index is -0.144. The van der Waals surface area contributed by atoms with Crippen LogP contribution in [0.3, 0.4) is 0 Å². The van der Waals surface area contributed by atoms with E-state index in [9.17, 15) is 14.4 Å². The van der Waals surface area contributed by atoms with Gasteiger partial charge in [0.1, 0.15) is 4.88 Å². The molecule has 2 heterocycles. The quantitative estimate of drug-likeness (QED) is 0.658. The fourth-order valence-electron chi connectivity index (χ4n) is 2.32. The Morgan fingerprint density at radius 2 is 1.87 bits per heavy atom. The van der Waals surface area contributed by atoms with Gasteiger partial charge in [0.25, 0.3) is 5.91 Å². The van der Waals surface area contributed by atoms with Crippen molar-refractivity contribution < 1.29 is 14.4 Å². The van der Waals surface area contributed by atoms with Crippen molar-refractivity contribution in [2.45, 2.75) is 52.4 Å². The SMILES string of the molecule is Cc1nc(C(C)(C)C)sc1C(=O)NCCCN1C(=O)CCC1=O. The average Bonchev–Trinajstić information content (AvgIpc) is 2.99. The van der Waals surface area contributed by atoms with Crippen LogP contribution in [0, 0.1) is 6.92 Å². The van der Waals surface area contributed by atoms with Crippen LogP contribution in [0.4, 0.5) is 0 Å². The molecule has 0 saturated carbocycles. The number of hydrogen-bond acceptors (Lipinski definition) is 5. The first-order chi connectivity index (χ1) is 10.7. The molecule has 1 saturated heterocycles. The number of amides is 3. The molecular weight excluding hydrogens is 314 g/mol. The smallest absolute Gasteiger partial charge is 0.263 e. The minimum Gasteiger partial charge on any atom is -0.351 e. The number of aryl methyl sites for hydroxylation is 1. The topological polar surface area (TPSA) is 79.4 Å². The molecule has 0 atom stereocenters. The molecule has 1 aliphatic heterocycles. The first kappa shape index (κ1) is 17.6. The van der Waals surface area contributed by atoms with Crippen molar-refractivity contribution in [1.29, 1.82) is 0 Å². The summed E-state index contributed by atoms with van der Waals surface area (Å²) in [5, 5.41) is 3.78. The number of imide groups is 1. The van der Waals surface area contributed by atoms with Crippen LogP contribution in [0.5, 0.6) is 0 Å². The predicted octanol–water partition coefficient (Wildman–Crippen LogP) is 2.02. The normalized spacial score (nSPS) is 15.4. The van der Waals surface area contributed by atoms with Gasteiger partial charge in [-0.3, -0.25) is 19.3 Å². The first-order valence-electron chi connectivity index (χ1n) is 7.79. The van der Waals surface area contributed by atoms with Gasteiger partial charge in [-0.1, -0.05) is 20.8 Å². The van der Waals surface area contributed by atoms with E-state index in [2.05, 4.69) is 31.1 Å². The van der Waals surface area contributed by atoms with E-state index in [0.29, 0.717) is 37.2 Å². The van der Waals surface area contributed by atoms with Crippen molar-refractivity contribution in [2.24, 2.45) is 0 Å². The summed E-state index contributed by atoms with van der Waals surface area (Å²) in [5.74, 6) is -0.376. The summed E-state index contributed by atoms with van der Waals surface area (Å²) in [5.41, 5.74) is 0.659. The number of nitrogens with one attached hydrogen (secondary N) is 1. The summed E-state index contributed by atoms with van der Waals surface area (Å²) >= 11 is 1.42. The van der Waals surface area contributed by atoms with Crippen LogP contribution in [-0.4, -0.2) is 40.7 Å². The highest BCUT2D eigenvalue weighted by atomic mass is 32.1. The van der Waals surface area contributed by atoms with E-state index >= 15 is 0 Å². The van der Waals surface area contributed by atoms with Crippen molar-refractivity contribution in [3.63, 3.8) is 0 Å². The van der Waals surface area contributed by atoms with Gasteiger partial charge in [-0.25, -0.2) is 4.98 Å². The van der Waals surface area contributed by atoms with E-state index in [1.807, 2.05) is 6.92 Å². The minimum absolute atomic E-state index is 0.0789. The van der Waals surface area contributed by atoms with Crippen molar-refractivity contribution >= 4 is 29.1 Å². The number of carbonyl (C=O) groups is 3. The van der Waals surface area contributed by atoms with Crippen LogP contribution in [-0.2, 0) is 15.0 Å². The second-order valence-electron chi connectivity index (χ2n) is 6.73. The molecule has 0 aliphatic carbocycles. The van der Waals surface area contributed by atoms with Crippen LogP contribution in [0.2, 0.25) is 0 Å². The molecule has 7 heteroatoms. The zero-order chi connectivity index (χ0) is 17.2. The number of rotatable bonds is 5. The van der Waals surface area contributed by atoms with Crippen LogP contribution < -0.4 is 5.32 Å². The van der Waals surface area contributed by atoms with E-state index in [1.165, 1.54) is 16.2 Å². The number of hydrogen-bond donors (Lipinski definition) is 1. The Morgan fingerprint density at radius 1 is 1.26 bits per heavy atom. The summed E-state index contributed by atoms with van der Waals surface area (Å²) in [6.45, 7) is 8.83. The molecule has 0 unspecified atom stereocenters. The van der Waals surface area contributed by atoms with E-state index < -0.39 is 0 Å². The third kappa shape index (κ3) is 4.16. The van der Waals surface area contributed by atoms with Gasteiger partial charge in [0, 0.05) is 31.3 Å². The fourth-order valence-corrected chi connectivity index (χ4v) is 3.36. The standard InChI is InChI=1S/C16H23N3O3S/c1-10-13(23-15(18-10)16(2,3)4)14(22)17-8-5-9-19-11(20)6-7-12(19)21/h5-9H2,1-4H3,(H,17,22). The summed E-state index contributed by atoms with van der Waals surface area (Å²) in [7, 11) is 0. The Balaban J connectivity index is 1.85. The molecule has 6 nitrogen and oxygen atoms in total. The van der Waals surface area contributed by atoms with Crippen molar-refractivity contribution in [2.75, 3.05) is 13.1 Å². The maximum atomic E-state index is 12.2. The monoisotopic (exact) mass is 337 g/mol. The predicted molar refractivity (Wildman–Crippen MR) is 88.5 cm³/mol. The zero-order valence-corrected chi connectivity index (χ0v) is 14.9. The number of nitrogens with zero attached hydrogens (tertiary/aromatic N) is 2.